The van der Waals surface area contributed by atoms with E-state index < -0.39 is 0 Å². The highest BCUT2D eigenvalue weighted by Gasteiger charge is 2.09. The second-order valence-corrected chi connectivity index (χ2v) is 5.62. The van der Waals surface area contributed by atoms with E-state index in [-0.39, 0.29) is 5.84 Å². The molecule has 5 nitrogen and oxygen atoms in total. The molecule has 1 rings (SSSR count). The van der Waals surface area contributed by atoms with E-state index in [1.165, 1.54) is 0 Å². The summed E-state index contributed by atoms with van der Waals surface area (Å²) < 4.78 is 5.20. The summed E-state index contributed by atoms with van der Waals surface area (Å²) in [6.07, 6.45) is 2.11. The van der Waals surface area contributed by atoms with Crippen LogP contribution in [0.1, 0.15) is 18.1 Å². The maximum absolute atomic E-state index is 8.80. The Kier molecular flexibility index (Phi) is 7.25. The smallest absolute Gasteiger partial charge is 0.173 e. The second-order valence-electron chi connectivity index (χ2n) is 4.71. The van der Waals surface area contributed by atoms with E-state index in [1.807, 2.05) is 30.0 Å². The molecule has 1 unspecified atom stereocenters. The van der Waals surface area contributed by atoms with Crippen LogP contribution in [0, 0.1) is 5.92 Å². The Hall–Kier alpha value is -1.40. The van der Waals surface area contributed by atoms with Crippen LogP contribution in [-0.2, 0) is 6.54 Å². The number of ether oxygens (including phenoxy) is 1. The summed E-state index contributed by atoms with van der Waals surface area (Å²) in [5.41, 5.74) is 7.33. The molecule has 4 N–H and O–H groups in total. The van der Waals surface area contributed by atoms with Crippen LogP contribution in [0.4, 0.5) is 0 Å². The molecule has 6 heteroatoms. The summed E-state index contributed by atoms with van der Waals surface area (Å²) in [6, 6.07) is 5.68. The third-order valence-corrected chi connectivity index (χ3v) is 3.82. The van der Waals surface area contributed by atoms with Gasteiger partial charge >= 0.3 is 0 Å². The van der Waals surface area contributed by atoms with Gasteiger partial charge in [0.2, 0.25) is 0 Å². The average molecular weight is 297 g/mol. The third-order valence-electron chi connectivity index (χ3n) is 2.92. The van der Waals surface area contributed by atoms with Gasteiger partial charge in [0.15, 0.2) is 5.84 Å². The van der Waals surface area contributed by atoms with Crippen molar-refractivity contribution in [3.8, 4) is 5.75 Å². The molecule has 0 heterocycles. The van der Waals surface area contributed by atoms with Crippen molar-refractivity contribution in [2.45, 2.75) is 13.5 Å². The van der Waals surface area contributed by atoms with E-state index in [2.05, 4.69) is 23.7 Å². The third kappa shape index (κ3) is 4.94. The summed E-state index contributed by atoms with van der Waals surface area (Å²) in [5.74, 6) is 2.43. The van der Waals surface area contributed by atoms with E-state index >= 15 is 0 Å². The van der Waals surface area contributed by atoms with Crippen molar-refractivity contribution in [3.63, 3.8) is 0 Å². The zero-order valence-electron chi connectivity index (χ0n) is 12.2. The summed E-state index contributed by atoms with van der Waals surface area (Å²) in [7, 11) is 1.56. The number of oxime groups is 1. The molecule has 0 bridgehead atoms. The van der Waals surface area contributed by atoms with Gasteiger partial charge in [0.25, 0.3) is 0 Å². The van der Waals surface area contributed by atoms with Crippen molar-refractivity contribution in [2.24, 2.45) is 16.8 Å². The molecule has 0 saturated heterocycles. The molecule has 1 aromatic carbocycles. The van der Waals surface area contributed by atoms with Crippen LogP contribution in [0.15, 0.2) is 23.4 Å². The molecule has 0 radical (unpaired) electrons. The van der Waals surface area contributed by atoms with Crippen LogP contribution in [0.3, 0.4) is 0 Å². The van der Waals surface area contributed by atoms with Crippen molar-refractivity contribution in [1.82, 2.24) is 5.32 Å². The highest BCUT2D eigenvalue weighted by atomic mass is 32.2. The topological polar surface area (TPSA) is 79.9 Å². The average Bonchev–Trinajstić information content (AvgIpc) is 2.46. The molecule has 20 heavy (non-hydrogen) atoms. The van der Waals surface area contributed by atoms with Gasteiger partial charge in [0, 0.05) is 6.54 Å². The minimum atomic E-state index is 0.0550. The van der Waals surface area contributed by atoms with Gasteiger partial charge in [-0.25, -0.2) is 0 Å². The highest BCUT2D eigenvalue weighted by molar-refractivity contribution is 7.98. The summed E-state index contributed by atoms with van der Waals surface area (Å²) in [5, 5.41) is 15.2. The van der Waals surface area contributed by atoms with Gasteiger partial charge < -0.3 is 21.0 Å². The van der Waals surface area contributed by atoms with Crippen LogP contribution >= 0.6 is 11.8 Å². The first-order chi connectivity index (χ1) is 9.62. The number of methoxy groups -OCH3 is 1. The Labute approximate surface area is 124 Å². The van der Waals surface area contributed by atoms with E-state index in [0.29, 0.717) is 17.2 Å². The van der Waals surface area contributed by atoms with Gasteiger partial charge in [-0.15, -0.1) is 0 Å². The first-order valence-electron chi connectivity index (χ1n) is 6.46. The minimum Gasteiger partial charge on any atom is -0.496 e. The fourth-order valence-electron chi connectivity index (χ4n) is 1.93. The Morgan fingerprint density at radius 3 is 2.90 bits per heavy atom. The molecule has 0 aliphatic heterocycles. The Bertz CT molecular complexity index is 452. The number of rotatable bonds is 8. The van der Waals surface area contributed by atoms with Crippen LogP contribution in [-0.4, -0.2) is 36.7 Å². The summed E-state index contributed by atoms with van der Waals surface area (Å²) in [4.78, 5) is 0. The fraction of sp³-hybridized carbons (Fsp3) is 0.500. The van der Waals surface area contributed by atoms with Gasteiger partial charge in [-0.05, 0) is 42.2 Å². The standard InChI is InChI=1S/C14H23N3O2S/c1-10(9-20-3)7-16-8-11-4-5-13(19-2)12(6-11)14(15)17-18/h4-6,10,16,18H,7-9H2,1-3H3,(H2,15,17). The lowest BCUT2D eigenvalue weighted by Crippen LogP contribution is -2.22. The maximum atomic E-state index is 8.80. The molecule has 0 aliphatic rings. The van der Waals surface area contributed by atoms with Gasteiger partial charge in [0.05, 0.1) is 12.7 Å². The van der Waals surface area contributed by atoms with Gasteiger partial charge in [-0.3, -0.25) is 0 Å². The van der Waals surface area contributed by atoms with E-state index in [9.17, 15) is 0 Å². The highest BCUT2D eigenvalue weighted by Crippen LogP contribution is 2.19. The number of nitrogens with zero attached hydrogens (tertiary/aromatic N) is 1. The fourth-order valence-corrected chi connectivity index (χ4v) is 2.61. The molecule has 112 valence electrons. The normalized spacial score (nSPS) is 13.2. The van der Waals surface area contributed by atoms with Gasteiger partial charge in [0.1, 0.15) is 5.75 Å². The maximum Gasteiger partial charge on any atom is 0.173 e. The number of nitrogens with one attached hydrogen (secondary N) is 1. The van der Waals surface area contributed by atoms with Crippen molar-refractivity contribution in [1.29, 1.82) is 0 Å². The molecular formula is C14H23N3O2S. The number of hydrogen-bond acceptors (Lipinski definition) is 5. The zero-order chi connectivity index (χ0) is 15.0. The van der Waals surface area contributed by atoms with Crippen LogP contribution in [0.2, 0.25) is 0 Å². The lowest BCUT2D eigenvalue weighted by molar-refractivity contribution is 0.318. The predicted octanol–water partition coefficient (Wildman–Crippen LogP) is 1.88. The minimum absolute atomic E-state index is 0.0550. The molecule has 1 atom stereocenters. The van der Waals surface area contributed by atoms with E-state index in [1.54, 1.807) is 7.11 Å². The van der Waals surface area contributed by atoms with E-state index in [4.69, 9.17) is 15.7 Å². The largest absolute Gasteiger partial charge is 0.496 e. The number of nitrogens with two attached hydrogens (primary N) is 1. The van der Waals surface area contributed by atoms with Gasteiger partial charge in [-0.2, -0.15) is 11.8 Å². The molecular weight excluding hydrogens is 274 g/mol. The van der Waals surface area contributed by atoms with Crippen molar-refractivity contribution >= 4 is 17.6 Å². The number of amidine groups is 1. The molecule has 0 spiro atoms. The zero-order valence-corrected chi connectivity index (χ0v) is 13.0. The van der Waals surface area contributed by atoms with Crippen molar-refractivity contribution < 1.29 is 9.94 Å². The van der Waals surface area contributed by atoms with Crippen LogP contribution in [0.25, 0.3) is 0 Å². The first-order valence-corrected chi connectivity index (χ1v) is 7.86. The summed E-state index contributed by atoms with van der Waals surface area (Å²) >= 11 is 1.85. The SMILES string of the molecule is COc1ccc(CNCC(C)CSC)cc1C(N)=NO. The molecule has 0 aromatic heterocycles. The molecule has 0 aliphatic carbocycles. The molecule has 0 amide bonds. The van der Waals surface area contributed by atoms with Gasteiger partial charge in [-0.1, -0.05) is 18.1 Å². The lowest BCUT2D eigenvalue weighted by Gasteiger charge is -2.13. The monoisotopic (exact) mass is 297 g/mol. The lowest BCUT2D eigenvalue weighted by atomic mass is 10.1. The molecule has 0 saturated carbocycles. The number of thioether (sulfide) groups is 1. The Morgan fingerprint density at radius 2 is 2.30 bits per heavy atom. The van der Waals surface area contributed by atoms with Crippen LogP contribution < -0.4 is 15.8 Å². The number of benzene rings is 1. The Balaban J connectivity index is 2.68. The number of hydrogen-bond donors (Lipinski definition) is 3. The van der Waals surface area contributed by atoms with Crippen molar-refractivity contribution in [3.05, 3.63) is 29.3 Å². The second kappa shape index (κ2) is 8.71. The predicted molar refractivity (Wildman–Crippen MR) is 84.8 cm³/mol. The van der Waals surface area contributed by atoms with Crippen molar-refractivity contribution in [2.75, 3.05) is 25.7 Å². The Morgan fingerprint density at radius 1 is 1.55 bits per heavy atom. The molecule has 0 fully saturated rings. The summed E-state index contributed by atoms with van der Waals surface area (Å²) in [6.45, 7) is 3.93. The first kappa shape index (κ1) is 16.7. The molecule has 1 aromatic rings. The quantitative estimate of drug-likeness (QED) is 0.295. The van der Waals surface area contributed by atoms with Crippen LogP contribution in [0.5, 0.6) is 5.75 Å². The van der Waals surface area contributed by atoms with E-state index in [0.717, 1.165) is 24.4 Å².